The molecule has 0 bridgehead atoms. The van der Waals surface area contributed by atoms with Crippen LogP contribution in [0.4, 0.5) is 0 Å². The van der Waals surface area contributed by atoms with Gasteiger partial charge in [-0.15, -0.1) is 0 Å². The number of aliphatic carboxylic acids is 1. The van der Waals surface area contributed by atoms with E-state index < -0.39 is 22.0 Å². The van der Waals surface area contributed by atoms with Gasteiger partial charge in [0.25, 0.3) is 0 Å². The van der Waals surface area contributed by atoms with E-state index in [-0.39, 0.29) is 11.3 Å². The highest BCUT2D eigenvalue weighted by atomic mass is 32.2. The Morgan fingerprint density at radius 3 is 2.19 bits per heavy atom. The van der Waals surface area contributed by atoms with E-state index in [0.717, 1.165) is 5.56 Å². The molecule has 1 atom stereocenters. The van der Waals surface area contributed by atoms with E-state index in [1.54, 1.807) is 12.1 Å². The van der Waals surface area contributed by atoms with Crippen LogP contribution in [-0.4, -0.2) is 57.7 Å². The highest BCUT2D eigenvalue weighted by Gasteiger charge is 2.26. The van der Waals surface area contributed by atoms with Gasteiger partial charge in [-0.3, -0.25) is 4.79 Å². The van der Waals surface area contributed by atoms with Gasteiger partial charge in [0.05, 0.1) is 45.0 Å². The molecule has 1 rings (SSSR count). The lowest BCUT2D eigenvalue weighted by atomic mass is 10.2. The molecular formula is C14H23N2O4S+. The minimum Gasteiger partial charge on any atom is -0.481 e. The van der Waals surface area contributed by atoms with Gasteiger partial charge in [0.15, 0.2) is 0 Å². The Morgan fingerprint density at radius 1 is 1.24 bits per heavy atom. The summed E-state index contributed by atoms with van der Waals surface area (Å²) in [6, 6.07) is 5.79. The van der Waals surface area contributed by atoms with Crippen molar-refractivity contribution < 1.29 is 22.8 Å². The largest absolute Gasteiger partial charge is 0.481 e. The molecule has 6 nitrogen and oxygen atoms in total. The van der Waals surface area contributed by atoms with Crippen molar-refractivity contribution >= 4 is 16.0 Å². The van der Waals surface area contributed by atoms with Crippen molar-refractivity contribution in [2.45, 2.75) is 24.3 Å². The molecule has 0 aromatic heterocycles. The predicted molar refractivity (Wildman–Crippen MR) is 80.4 cm³/mol. The van der Waals surface area contributed by atoms with Gasteiger partial charge in [-0.25, -0.2) is 13.1 Å². The molecule has 0 heterocycles. The fourth-order valence-electron chi connectivity index (χ4n) is 2.02. The number of nitrogens with one attached hydrogen (secondary N) is 1. The summed E-state index contributed by atoms with van der Waals surface area (Å²) in [6.07, 6.45) is -0.249. The van der Waals surface area contributed by atoms with Crippen LogP contribution >= 0.6 is 0 Å². The Hall–Kier alpha value is -1.44. The van der Waals surface area contributed by atoms with E-state index in [0.29, 0.717) is 11.0 Å². The predicted octanol–water partition coefficient (Wildman–Crippen LogP) is 0.823. The molecule has 0 aliphatic carbocycles. The Bertz CT molecular complexity index is 588. The maximum absolute atomic E-state index is 12.3. The van der Waals surface area contributed by atoms with Crippen LogP contribution in [0, 0.1) is 6.92 Å². The molecule has 0 aliphatic rings. The Labute approximate surface area is 126 Å². The molecule has 0 fully saturated rings. The average Bonchev–Trinajstić information content (AvgIpc) is 2.25. The third-order valence-corrected chi connectivity index (χ3v) is 4.38. The highest BCUT2D eigenvalue weighted by molar-refractivity contribution is 7.89. The van der Waals surface area contributed by atoms with Crippen molar-refractivity contribution in [1.29, 1.82) is 0 Å². The molecule has 0 aliphatic heterocycles. The molecule has 2 N–H and O–H groups in total. The van der Waals surface area contributed by atoms with Crippen LogP contribution in [0.5, 0.6) is 0 Å². The average molecular weight is 315 g/mol. The normalized spacial score (nSPS) is 13.9. The monoisotopic (exact) mass is 315 g/mol. The summed E-state index contributed by atoms with van der Waals surface area (Å²) in [5.41, 5.74) is 0.961. The first kappa shape index (κ1) is 17.6. The Kier molecular flexibility index (Phi) is 5.49. The maximum atomic E-state index is 12.3. The van der Waals surface area contributed by atoms with Crippen molar-refractivity contribution in [3.8, 4) is 0 Å². The fraction of sp³-hybridized carbons (Fsp3) is 0.500. The number of likely N-dealkylation sites (N-methyl/N-ethyl adjacent to an activating group) is 1. The molecule has 118 valence electrons. The summed E-state index contributed by atoms with van der Waals surface area (Å²) in [7, 11) is 1.93. The molecule has 7 heteroatoms. The van der Waals surface area contributed by atoms with Gasteiger partial charge in [0.2, 0.25) is 10.0 Å². The molecule has 0 spiro atoms. The van der Waals surface area contributed by atoms with Crippen LogP contribution in [0.1, 0.15) is 12.0 Å². The lowest BCUT2D eigenvalue weighted by Gasteiger charge is -2.29. The molecule has 1 aromatic rings. The smallest absolute Gasteiger partial charge is 0.305 e. The van der Waals surface area contributed by atoms with Crippen LogP contribution in [0.15, 0.2) is 29.2 Å². The second kappa shape index (κ2) is 6.55. The van der Waals surface area contributed by atoms with E-state index in [1.807, 2.05) is 28.1 Å². The summed E-state index contributed by atoms with van der Waals surface area (Å²) in [6.45, 7) is 2.26. The Balaban J connectivity index is 2.95. The lowest BCUT2D eigenvalue weighted by molar-refractivity contribution is -0.871. The first-order valence-electron chi connectivity index (χ1n) is 6.61. The first-order valence-corrected chi connectivity index (χ1v) is 8.09. The van der Waals surface area contributed by atoms with Crippen molar-refractivity contribution in [3.05, 3.63) is 29.8 Å². The molecule has 0 radical (unpaired) electrons. The van der Waals surface area contributed by atoms with Crippen LogP contribution in [0.2, 0.25) is 0 Å². The summed E-state index contributed by atoms with van der Waals surface area (Å²) in [5, 5.41) is 8.94. The number of carboxylic acid groups (broad SMARTS) is 1. The molecule has 0 saturated carbocycles. The molecule has 0 unspecified atom stereocenters. The van der Waals surface area contributed by atoms with Gasteiger partial charge in [-0.2, -0.15) is 0 Å². The minimum absolute atomic E-state index is 0.143. The van der Waals surface area contributed by atoms with E-state index in [4.69, 9.17) is 5.11 Å². The second-order valence-electron chi connectivity index (χ2n) is 6.20. The van der Waals surface area contributed by atoms with Crippen molar-refractivity contribution in [2.24, 2.45) is 0 Å². The number of quaternary nitrogens is 1. The van der Waals surface area contributed by atoms with Crippen LogP contribution in [-0.2, 0) is 14.8 Å². The molecule has 0 saturated heterocycles. The van der Waals surface area contributed by atoms with Crippen molar-refractivity contribution in [1.82, 2.24) is 4.72 Å². The van der Waals surface area contributed by atoms with Crippen molar-refractivity contribution in [3.63, 3.8) is 0 Å². The van der Waals surface area contributed by atoms with E-state index in [2.05, 4.69) is 4.72 Å². The molecule has 21 heavy (non-hydrogen) atoms. The van der Waals surface area contributed by atoms with Gasteiger partial charge in [0, 0.05) is 0 Å². The summed E-state index contributed by atoms with van der Waals surface area (Å²) in [5.74, 6) is -1.03. The van der Waals surface area contributed by atoms with E-state index >= 15 is 0 Å². The number of rotatable bonds is 7. The van der Waals surface area contributed by atoms with Gasteiger partial charge in [-0.1, -0.05) is 17.7 Å². The molecular weight excluding hydrogens is 292 g/mol. The number of hydrogen-bond donors (Lipinski definition) is 2. The number of hydrogen-bond acceptors (Lipinski definition) is 3. The zero-order valence-corrected chi connectivity index (χ0v) is 13.6. The lowest BCUT2D eigenvalue weighted by Crippen LogP contribution is -2.49. The number of carboxylic acids is 1. The number of sulfonamides is 1. The summed E-state index contributed by atoms with van der Waals surface area (Å²) >= 11 is 0. The van der Waals surface area contributed by atoms with Crippen LogP contribution < -0.4 is 4.72 Å². The topological polar surface area (TPSA) is 83.5 Å². The van der Waals surface area contributed by atoms with Crippen LogP contribution in [0.25, 0.3) is 0 Å². The summed E-state index contributed by atoms with van der Waals surface area (Å²) < 4.78 is 27.6. The highest BCUT2D eigenvalue weighted by Crippen LogP contribution is 2.12. The number of nitrogens with zero attached hydrogens (tertiary/aromatic N) is 1. The standard InChI is InChI=1S/C14H22N2O4S/c1-11-5-7-13(8-6-11)21(19,20)15-12(9-14(17)18)10-16(2,3)4/h5-8,12,15H,9-10H2,1-4H3/p+1/t12-/m1/s1. The van der Waals surface area contributed by atoms with Crippen LogP contribution in [0.3, 0.4) is 0 Å². The number of benzene rings is 1. The third kappa shape index (κ3) is 6.24. The van der Waals surface area contributed by atoms with E-state index in [9.17, 15) is 13.2 Å². The van der Waals surface area contributed by atoms with Gasteiger partial charge < -0.3 is 9.59 Å². The Morgan fingerprint density at radius 2 is 1.76 bits per heavy atom. The number of carbonyl (C=O) groups is 1. The zero-order chi connectivity index (χ0) is 16.3. The van der Waals surface area contributed by atoms with Gasteiger partial charge >= 0.3 is 5.97 Å². The fourth-order valence-corrected chi connectivity index (χ4v) is 3.25. The number of aryl methyl sites for hydroxylation is 1. The van der Waals surface area contributed by atoms with Gasteiger partial charge in [0.1, 0.15) is 0 Å². The quantitative estimate of drug-likeness (QED) is 0.730. The third-order valence-electron chi connectivity index (χ3n) is 2.84. The van der Waals surface area contributed by atoms with Gasteiger partial charge in [-0.05, 0) is 19.1 Å². The first-order chi connectivity index (χ1) is 9.49. The zero-order valence-electron chi connectivity index (χ0n) is 12.8. The minimum atomic E-state index is -3.72. The molecule has 0 amide bonds. The van der Waals surface area contributed by atoms with Crippen molar-refractivity contribution in [2.75, 3.05) is 27.7 Å². The maximum Gasteiger partial charge on any atom is 0.305 e. The SMILES string of the molecule is Cc1ccc(S(=O)(=O)N[C@H](CC(=O)O)C[N+](C)(C)C)cc1. The molecule has 1 aromatic carbocycles. The summed E-state index contributed by atoms with van der Waals surface area (Å²) in [4.78, 5) is 11.1. The van der Waals surface area contributed by atoms with E-state index in [1.165, 1.54) is 12.1 Å². The second-order valence-corrected chi connectivity index (χ2v) is 7.92.